The second-order valence-corrected chi connectivity index (χ2v) is 4.89. The van der Waals surface area contributed by atoms with Crippen LogP contribution in [-0.2, 0) is 4.74 Å². The van der Waals surface area contributed by atoms with Gasteiger partial charge in [-0.1, -0.05) is 30.7 Å². The van der Waals surface area contributed by atoms with Gasteiger partial charge >= 0.3 is 0 Å². The molecule has 0 aromatic heterocycles. The summed E-state index contributed by atoms with van der Waals surface area (Å²) in [4.78, 5) is 0. The number of halogens is 1. The molecule has 0 aliphatic rings. The molecular weight excluding hydrogens is 234 g/mol. The Balaban J connectivity index is 2.89. The number of methoxy groups -OCH3 is 1. The molecule has 1 N–H and O–H groups in total. The van der Waals surface area contributed by atoms with Crippen molar-refractivity contribution in [1.82, 2.24) is 5.32 Å². The van der Waals surface area contributed by atoms with Gasteiger partial charge in [0.15, 0.2) is 0 Å². The van der Waals surface area contributed by atoms with Crippen molar-refractivity contribution in [2.45, 2.75) is 26.3 Å². The Morgan fingerprint density at radius 2 is 2.12 bits per heavy atom. The van der Waals surface area contributed by atoms with Crippen LogP contribution in [0.15, 0.2) is 18.2 Å². The molecule has 2 nitrogen and oxygen atoms in total. The lowest BCUT2D eigenvalue weighted by atomic mass is 9.89. The van der Waals surface area contributed by atoms with Gasteiger partial charge in [0, 0.05) is 24.8 Å². The number of nitrogens with one attached hydrogen (secondary N) is 1. The first-order chi connectivity index (χ1) is 8.11. The minimum absolute atomic E-state index is 0.323. The van der Waals surface area contributed by atoms with Crippen LogP contribution in [0.25, 0.3) is 0 Å². The van der Waals surface area contributed by atoms with E-state index in [1.807, 2.05) is 19.2 Å². The van der Waals surface area contributed by atoms with Crippen LogP contribution in [0.3, 0.4) is 0 Å². The Kier molecular flexibility index (Phi) is 5.96. The number of rotatable bonds is 6. The predicted octanol–water partition coefficient (Wildman–Crippen LogP) is 3.58. The van der Waals surface area contributed by atoms with Gasteiger partial charge in [0.2, 0.25) is 0 Å². The maximum atomic E-state index is 6.17. The van der Waals surface area contributed by atoms with Crippen molar-refractivity contribution in [2.75, 3.05) is 20.8 Å². The number of ether oxygens (including phenoxy) is 1. The monoisotopic (exact) mass is 255 g/mol. The molecule has 17 heavy (non-hydrogen) atoms. The highest BCUT2D eigenvalue weighted by atomic mass is 35.5. The second kappa shape index (κ2) is 7.00. The van der Waals surface area contributed by atoms with Crippen LogP contribution in [0.5, 0.6) is 0 Å². The van der Waals surface area contributed by atoms with E-state index in [0.29, 0.717) is 12.0 Å². The smallest absolute Gasteiger partial charge is 0.0465 e. The first kappa shape index (κ1) is 14.5. The van der Waals surface area contributed by atoms with Crippen molar-refractivity contribution >= 4 is 11.6 Å². The first-order valence-electron chi connectivity index (χ1n) is 6.03. The molecule has 0 saturated carbocycles. The van der Waals surface area contributed by atoms with Gasteiger partial charge in [-0.25, -0.2) is 0 Å². The second-order valence-electron chi connectivity index (χ2n) is 4.48. The Hall–Kier alpha value is -0.570. The maximum absolute atomic E-state index is 6.17. The molecule has 0 fully saturated rings. The van der Waals surface area contributed by atoms with E-state index in [1.165, 1.54) is 5.56 Å². The molecular formula is C14H22ClNO. The number of benzene rings is 1. The summed E-state index contributed by atoms with van der Waals surface area (Å²) in [5.41, 5.74) is 2.45. The van der Waals surface area contributed by atoms with E-state index in [4.69, 9.17) is 16.3 Å². The molecule has 0 heterocycles. The van der Waals surface area contributed by atoms with Crippen LogP contribution >= 0.6 is 11.6 Å². The normalized spacial score (nSPS) is 14.6. The Morgan fingerprint density at radius 3 is 2.71 bits per heavy atom. The molecule has 0 spiro atoms. The Morgan fingerprint density at radius 1 is 1.41 bits per heavy atom. The van der Waals surface area contributed by atoms with Crippen molar-refractivity contribution in [3.8, 4) is 0 Å². The topological polar surface area (TPSA) is 21.3 Å². The van der Waals surface area contributed by atoms with E-state index in [0.717, 1.165) is 23.6 Å². The zero-order valence-corrected chi connectivity index (χ0v) is 11.8. The molecule has 96 valence electrons. The van der Waals surface area contributed by atoms with E-state index >= 15 is 0 Å². The highest BCUT2D eigenvalue weighted by molar-refractivity contribution is 6.31. The minimum Gasteiger partial charge on any atom is -0.385 e. The van der Waals surface area contributed by atoms with Gasteiger partial charge in [0.05, 0.1) is 0 Å². The van der Waals surface area contributed by atoms with Crippen LogP contribution in [0, 0.1) is 12.8 Å². The van der Waals surface area contributed by atoms with Crippen LogP contribution < -0.4 is 5.32 Å². The lowest BCUT2D eigenvalue weighted by Gasteiger charge is -2.25. The highest BCUT2D eigenvalue weighted by Gasteiger charge is 2.19. The van der Waals surface area contributed by atoms with E-state index in [9.17, 15) is 0 Å². The zero-order chi connectivity index (χ0) is 12.8. The first-order valence-corrected chi connectivity index (χ1v) is 6.40. The molecule has 1 aromatic rings. The van der Waals surface area contributed by atoms with Crippen molar-refractivity contribution in [1.29, 1.82) is 0 Å². The summed E-state index contributed by atoms with van der Waals surface area (Å²) < 4.78 is 5.14. The van der Waals surface area contributed by atoms with Gasteiger partial charge in [0.1, 0.15) is 0 Å². The zero-order valence-electron chi connectivity index (χ0n) is 11.1. The van der Waals surface area contributed by atoms with Gasteiger partial charge in [0.25, 0.3) is 0 Å². The summed E-state index contributed by atoms with van der Waals surface area (Å²) in [7, 11) is 3.74. The van der Waals surface area contributed by atoms with Crippen LogP contribution in [0.1, 0.15) is 30.5 Å². The Labute approximate surface area is 109 Å². The van der Waals surface area contributed by atoms with Crippen molar-refractivity contribution in [3.63, 3.8) is 0 Å². The lowest BCUT2D eigenvalue weighted by molar-refractivity contribution is 0.171. The number of hydrogen-bond acceptors (Lipinski definition) is 2. The van der Waals surface area contributed by atoms with E-state index < -0.39 is 0 Å². The van der Waals surface area contributed by atoms with Crippen molar-refractivity contribution < 1.29 is 4.74 Å². The molecule has 0 bridgehead atoms. The van der Waals surface area contributed by atoms with E-state index in [2.05, 4.69) is 25.2 Å². The summed E-state index contributed by atoms with van der Waals surface area (Å²) in [5.74, 6) is 0.511. The average molecular weight is 256 g/mol. The summed E-state index contributed by atoms with van der Waals surface area (Å²) in [5, 5.41) is 4.22. The van der Waals surface area contributed by atoms with Gasteiger partial charge in [-0.05, 0) is 43.5 Å². The molecule has 0 aliphatic carbocycles. The summed E-state index contributed by atoms with van der Waals surface area (Å²) >= 11 is 6.17. The molecule has 0 amide bonds. The molecule has 0 saturated heterocycles. The van der Waals surface area contributed by atoms with Crippen LogP contribution in [0.4, 0.5) is 0 Å². The maximum Gasteiger partial charge on any atom is 0.0465 e. The SMILES string of the molecule is CNC(c1cccc(Cl)c1C)C(C)CCOC. The third kappa shape index (κ3) is 3.70. The summed E-state index contributed by atoms with van der Waals surface area (Å²) in [6.45, 7) is 5.10. The fourth-order valence-electron chi connectivity index (χ4n) is 2.18. The van der Waals surface area contributed by atoms with Crippen LogP contribution in [0.2, 0.25) is 5.02 Å². The standard InChI is InChI=1S/C14H22ClNO/c1-10(8-9-17-4)14(16-3)12-6-5-7-13(15)11(12)2/h5-7,10,14,16H,8-9H2,1-4H3. The third-order valence-corrected chi connectivity index (χ3v) is 3.71. The highest BCUT2D eigenvalue weighted by Crippen LogP contribution is 2.30. The van der Waals surface area contributed by atoms with Gasteiger partial charge < -0.3 is 10.1 Å². The predicted molar refractivity (Wildman–Crippen MR) is 73.6 cm³/mol. The van der Waals surface area contributed by atoms with Crippen LogP contribution in [-0.4, -0.2) is 20.8 Å². The van der Waals surface area contributed by atoms with Gasteiger partial charge in [-0.2, -0.15) is 0 Å². The van der Waals surface area contributed by atoms with Crippen molar-refractivity contribution in [2.24, 2.45) is 5.92 Å². The fraction of sp³-hybridized carbons (Fsp3) is 0.571. The Bertz CT molecular complexity index is 354. The third-order valence-electron chi connectivity index (χ3n) is 3.30. The molecule has 1 rings (SSSR count). The minimum atomic E-state index is 0.323. The molecule has 1 aromatic carbocycles. The molecule has 2 unspecified atom stereocenters. The quantitative estimate of drug-likeness (QED) is 0.839. The summed E-state index contributed by atoms with van der Waals surface area (Å²) in [6.07, 6.45) is 1.04. The van der Waals surface area contributed by atoms with Gasteiger partial charge in [-0.15, -0.1) is 0 Å². The lowest BCUT2D eigenvalue weighted by Crippen LogP contribution is -2.25. The number of hydrogen-bond donors (Lipinski definition) is 1. The van der Waals surface area contributed by atoms with E-state index in [-0.39, 0.29) is 0 Å². The van der Waals surface area contributed by atoms with E-state index in [1.54, 1.807) is 7.11 Å². The summed E-state index contributed by atoms with van der Waals surface area (Å²) in [6, 6.07) is 6.42. The average Bonchev–Trinajstić information content (AvgIpc) is 2.32. The molecule has 3 heteroatoms. The molecule has 2 atom stereocenters. The van der Waals surface area contributed by atoms with Crippen molar-refractivity contribution in [3.05, 3.63) is 34.3 Å². The fourth-order valence-corrected chi connectivity index (χ4v) is 2.36. The molecule has 0 radical (unpaired) electrons. The largest absolute Gasteiger partial charge is 0.385 e. The molecule has 0 aliphatic heterocycles. The van der Waals surface area contributed by atoms with Gasteiger partial charge in [-0.3, -0.25) is 0 Å².